The maximum atomic E-state index is 12.6. The van der Waals surface area contributed by atoms with Crippen molar-refractivity contribution in [3.05, 3.63) is 24.3 Å². The third-order valence-corrected chi connectivity index (χ3v) is 6.52. The zero-order valence-corrected chi connectivity index (χ0v) is 16.1. The molecule has 0 unspecified atom stereocenters. The van der Waals surface area contributed by atoms with E-state index >= 15 is 0 Å². The van der Waals surface area contributed by atoms with Gasteiger partial charge in [-0.3, -0.25) is 4.79 Å². The van der Waals surface area contributed by atoms with Crippen LogP contribution in [0.5, 0.6) is 0 Å². The van der Waals surface area contributed by atoms with Gasteiger partial charge in [0.25, 0.3) is 0 Å². The molecule has 0 spiro atoms. The highest BCUT2D eigenvalue weighted by Gasteiger charge is 2.33. The lowest BCUT2D eigenvalue weighted by atomic mass is 9.95. The number of piperidine rings is 1. The Morgan fingerprint density at radius 2 is 1.81 bits per heavy atom. The van der Waals surface area contributed by atoms with Crippen molar-refractivity contribution in [3.63, 3.8) is 0 Å². The van der Waals surface area contributed by atoms with Crippen LogP contribution in [-0.4, -0.2) is 34.6 Å². The molecule has 3 aliphatic rings. The molecule has 5 rings (SSSR count). The van der Waals surface area contributed by atoms with Gasteiger partial charge in [-0.2, -0.15) is 0 Å². The molecular weight excluding hydrogens is 336 g/mol. The Balaban J connectivity index is 1.45. The summed E-state index contributed by atoms with van der Waals surface area (Å²) in [6.07, 6.45) is 10.8. The Morgan fingerprint density at radius 1 is 1.00 bits per heavy atom. The van der Waals surface area contributed by atoms with E-state index in [-0.39, 0.29) is 11.8 Å². The average Bonchev–Trinajstić information content (AvgIpc) is 3.45. The lowest BCUT2D eigenvalue weighted by Gasteiger charge is -2.35. The number of fused-ring (bicyclic) bond motifs is 1. The molecule has 27 heavy (non-hydrogen) atoms. The van der Waals surface area contributed by atoms with E-state index in [9.17, 15) is 4.79 Å². The van der Waals surface area contributed by atoms with Crippen LogP contribution in [0, 0.1) is 5.92 Å². The van der Waals surface area contributed by atoms with Crippen molar-refractivity contribution in [1.29, 1.82) is 0 Å². The van der Waals surface area contributed by atoms with E-state index in [1.54, 1.807) is 0 Å². The number of nitrogens with one attached hydrogen (secondary N) is 1. The molecule has 0 bridgehead atoms. The van der Waals surface area contributed by atoms with E-state index in [2.05, 4.69) is 39.0 Å². The minimum absolute atomic E-state index is 0.0963. The van der Waals surface area contributed by atoms with Gasteiger partial charge in [0, 0.05) is 25.2 Å². The second-order valence-corrected chi connectivity index (χ2v) is 8.63. The summed E-state index contributed by atoms with van der Waals surface area (Å²) in [7, 11) is 0. The number of amides is 1. The van der Waals surface area contributed by atoms with Gasteiger partial charge in [-0.05, 0) is 50.7 Å². The second kappa shape index (κ2) is 7.17. The van der Waals surface area contributed by atoms with E-state index in [1.165, 1.54) is 37.6 Å². The van der Waals surface area contributed by atoms with Gasteiger partial charge in [0.1, 0.15) is 0 Å². The quantitative estimate of drug-likeness (QED) is 0.888. The molecule has 0 radical (unpaired) electrons. The van der Waals surface area contributed by atoms with Crippen molar-refractivity contribution >= 4 is 22.9 Å². The number of hydrogen-bond acceptors (Lipinski definition) is 3. The molecule has 1 amide bonds. The number of anilines is 1. The first-order valence-electron chi connectivity index (χ1n) is 10.8. The van der Waals surface area contributed by atoms with E-state index in [4.69, 9.17) is 4.98 Å². The number of aromatic nitrogens is 2. The molecule has 2 aliphatic carbocycles. The summed E-state index contributed by atoms with van der Waals surface area (Å²) in [6.45, 7) is 1.80. The van der Waals surface area contributed by atoms with E-state index in [0.29, 0.717) is 12.1 Å². The largest absolute Gasteiger partial charge is 0.353 e. The summed E-state index contributed by atoms with van der Waals surface area (Å²) >= 11 is 0. The number of imidazole rings is 1. The van der Waals surface area contributed by atoms with Crippen LogP contribution in [0.15, 0.2) is 24.3 Å². The maximum absolute atomic E-state index is 12.6. The van der Waals surface area contributed by atoms with Crippen LogP contribution < -0.4 is 10.2 Å². The second-order valence-electron chi connectivity index (χ2n) is 8.63. The van der Waals surface area contributed by atoms with Gasteiger partial charge in [0.15, 0.2) is 0 Å². The number of hydrogen-bond donors (Lipinski definition) is 1. The van der Waals surface area contributed by atoms with Crippen molar-refractivity contribution < 1.29 is 4.79 Å². The number of para-hydroxylation sites is 2. The first kappa shape index (κ1) is 17.1. The molecule has 2 aromatic rings. The van der Waals surface area contributed by atoms with Crippen molar-refractivity contribution in [2.45, 2.75) is 69.9 Å². The Morgan fingerprint density at radius 3 is 2.63 bits per heavy atom. The third-order valence-electron chi connectivity index (χ3n) is 6.52. The summed E-state index contributed by atoms with van der Waals surface area (Å²) in [5, 5.41) is 3.21. The minimum atomic E-state index is 0.0963. The van der Waals surface area contributed by atoms with Crippen LogP contribution in [0.4, 0.5) is 5.95 Å². The molecule has 2 saturated carbocycles. The third kappa shape index (κ3) is 3.44. The van der Waals surface area contributed by atoms with Crippen LogP contribution >= 0.6 is 0 Å². The molecule has 3 fully saturated rings. The Hall–Kier alpha value is -2.04. The van der Waals surface area contributed by atoms with Gasteiger partial charge in [-0.25, -0.2) is 4.98 Å². The normalized spacial score (nSPS) is 24.3. The number of carbonyl (C=O) groups is 1. The number of rotatable bonds is 4. The zero-order valence-electron chi connectivity index (χ0n) is 16.1. The predicted molar refractivity (Wildman–Crippen MR) is 108 cm³/mol. The molecule has 1 aromatic carbocycles. The number of nitrogens with zero attached hydrogens (tertiary/aromatic N) is 3. The topological polar surface area (TPSA) is 50.2 Å². The summed E-state index contributed by atoms with van der Waals surface area (Å²) in [5.41, 5.74) is 2.34. The lowest BCUT2D eigenvalue weighted by molar-refractivity contribution is -0.125. The molecular formula is C22H30N4O. The van der Waals surface area contributed by atoms with Crippen LogP contribution in [0.2, 0.25) is 0 Å². The summed E-state index contributed by atoms with van der Waals surface area (Å²) < 4.78 is 2.50. The van der Waals surface area contributed by atoms with Crippen LogP contribution in [0.3, 0.4) is 0 Å². The van der Waals surface area contributed by atoms with Gasteiger partial charge in [0.05, 0.1) is 17.0 Å². The Bertz CT molecular complexity index is 819. The molecule has 1 atom stereocenters. The van der Waals surface area contributed by atoms with Crippen molar-refractivity contribution in [2.24, 2.45) is 5.92 Å². The molecule has 1 aliphatic heterocycles. The van der Waals surface area contributed by atoms with Gasteiger partial charge in [-0.1, -0.05) is 31.4 Å². The van der Waals surface area contributed by atoms with Gasteiger partial charge < -0.3 is 14.8 Å². The lowest BCUT2D eigenvalue weighted by Crippen LogP contribution is -2.44. The first-order valence-corrected chi connectivity index (χ1v) is 10.8. The van der Waals surface area contributed by atoms with Crippen LogP contribution in [-0.2, 0) is 4.79 Å². The highest BCUT2D eigenvalue weighted by atomic mass is 16.2. The first-order chi connectivity index (χ1) is 13.3. The van der Waals surface area contributed by atoms with Crippen LogP contribution in [0.1, 0.15) is 63.8 Å². The Labute approximate surface area is 161 Å². The van der Waals surface area contributed by atoms with Crippen LogP contribution in [0.25, 0.3) is 11.0 Å². The summed E-state index contributed by atoms with van der Waals surface area (Å²) in [6, 6.07) is 9.52. The maximum Gasteiger partial charge on any atom is 0.225 e. The molecule has 1 N–H and O–H groups in total. The fraction of sp³-hybridized carbons (Fsp3) is 0.636. The number of benzene rings is 1. The summed E-state index contributed by atoms with van der Waals surface area (Å²) in [5.74, 6) is 1.44. The van der Waals surface area contributed by atoms with Crippen molar-refractivity contribution in [3.8, 4) is 0 Å². The molecule has 1 saturated heterocycles. The van der Waals surface area contributed by atoms with Crippen molar-refractivity contribution in [1.82, 2.24) is 14.9 Å². The standard InChI is InChI=1S/C22H30N4O/c27-21(23-17-12-13-17)16-7-6-14-25(15-16)22-24-19-10-4-5-11-20(19)26(22)18-8-2-1-3-9-18/h4-5,10-11,16-18H,1-3,6-9,12-15H2,(H,23,27)/t16-/m0/s1. The molecule has 5 heteroatoms. The summed E-state index contributed by atoms with van der Waals surface area (Å²) in [4.78, 5) is 20.0. The number of carbonyl (C=O) groups excluding carboxylic acids is 1. The highest BCUT2D eigenvalue weighted by Crippen LogP contribution is 2.36. The fourth-order valence-corrected chi connectivity index (χ4v) is 4.87. The molecule has 2 heterocycles. The average molecular weight is 367 g/mol. The predicted octanol–water partition coefficient (Wildman–Crippen LogP) is 4.04. The zero-order chi connectivity index (χ0) is 18.2. The van der Waals surface area contributed by atoms with E-state index in [0.717, 1.165) is 50.2 Å². The van der Waals surface area contributed by atoms with Gasteiger partial charge >= 0.3 is 0 Å². The molecule has 144 valence electrons. The minimum Gasteiger partial charge on any atom is -0.353 e. The van der Waals surface area contributed by atoms with E-state index in [1.807, 2.05) is 0 Å². The smallest absolute Gasteiger partial charge is 0.225 e. The van der Waals surface area contributed by atoms with Crippen molar-refractivity contribution in [2.75, 3.05) is 18.0 Å². The van der Waals surface area contributed by atoms with Gasteiger partial charge in [-0.15, -0.1) is 0 Å². The SMILES string of the molecule is O=C(NC1CC1)[C@H]1CCCN(c2nc3ccccc3n2C2CCCCC2)C1. The fourth-order valence-electron chi connectivity index (χ4n) is 4.87. The van der Waals surface area contributed by atoms with E-state index < -0.39 is 0 Å². The highest BCUT2D eigenvalue weighted by molar-refractivity contribution is 5.81. The van der Waals surface area contributed by atoms with Gasteiger partial charge in [0.2, 0.25) is 11.9 Å². The Kier molecular flexibility index (Phi) is 4.54. The molecule has 5 nitrogen and oxygen atoms in total. The molecule has 1 aromatic heterocycles. The monoisotopic (exact) mass is 366 g/mol.